The summed E-state index contributed by atoms with van der Waals surface area (Å²) in [7, 11) is 2.92. The van der Waals surface area contributed by atoms with Crippen LogP contribution in [0.15, 0.2) is 28.2 Å². The number of carbonyl (C=O) groups is 2. The van der Waals surface area contributed by atoms with E-state index >= 15 is 0 Å². The first-order valence-electron chi connectivity index (χ1n) is 9.15. The molecule has 9 heteroatoms. The Kier molecular flexibility index (Phi) is 7.79. The van der Waals surface area contributed by atoms with Crippen LogP contribution in [-0.4, -0.2) is 52.8 Å². The molecule has 8 nitrogen and oxygen atoms in total. The molecule has 0 N–H and O–H groups in total. The van der Waals surface area contributed by atoms with Crippen LogP contribution in [0.1, 0.15) is 30.6 Å². The highest BCUT2D eigenvalue weighted by atomic mass is 32.2. The van der Waals surface area contributed by atoms with Gasteiger partial charge in [0, 0.05) is 20.1 Å². The Bertz CT molecular complexity index is 1010. The SMILES string of the molecule is COC(=O)c1ccc2c(=O)n(CC(C)C)c(SCC(=O)N(C)CCC#N)nc2c1. The van der Waals surface area contributed by atoms with E-state index in [2.05, 4.69) is 4.98 Å². The van der Waals surface area contributed by atoms with Gasteiger partial charge in [0.2, 0.25) is 5.91 Å². The molecule has 154 valence electrons. The summed E-state index contributed by atoms with van der Waals surface area (Å²) >= 11 is 1.17. The first-order chi connectivity index (χ1) is 13.8. The Hall–Kier alpha value is -2.86. The fourth-order valence-electron chi connectivity index (χ4n) is 2.66. The number of carbonyl (C=O) groups excluding carboxylic acids is 2. The predicted molar refractivity (Wildman–Crippen MR) is 111 cm³/mol. The lowest BCUT2D eigenvalue weighted by atomic mass is 10.1. The van der Waals surface area contributed by atoms with Gasteiger partial charge in [-0.1, -0.05) is 25.6 Å². The van der Waals surface area contributed by atoms with E-state index in [9.17, 15) is 14.4 Å². The van der Waals surface area contributed by atoms with E-state index in [4.69, 9.17) is 10.00 Å². The second-order valence-electron chi connectivity index (χ2n) is 6.94. The molecule has 0 fully saturated rings. The molecule has 0 aliphatic carbocycles. The predicted octanol–water partition coefficient (Wildman–Crippen LogP) is 2.30. The van der Waals surface area contributed by atoms with E-state index < -0.39 is 5.97 Å². The van der Waals surface area contributed by atoms with Crippen molar-refractivity contribution in [1.82, 2.24) is 14.5 Å². The number of ether oxygens (including phenoxy) is 1. The maximum atomic E-state index is 13.0. The number of nitriles is 1. The van der Waals surface area contributed by atoms with Crippen LogP contribution >= 0.6 is 11.8 Å². The van der Waals surface area contributed by atoms with Crippen LogP contribution in [0.4, 0.5) is 0 Å². The van der Waals surface area contributed by atoms with Gasteiger partial charge in [-0.3, -0.25) is 14.2 Å². The van der Waals surface area contributed by atoms with Crippen molar-refractivity contribution in [3.8, 4) is 6.07 Å². The molecule has 0 aliphatic rings. The largest absolute Gasteiger partial charge is 0.465 e. The monoisotopic (exact) mass is 416 g/mol. The van der Waals surface area contributed by atoms with Crippen molar-refractivity contribution < 1.29 is 14.3 Å². The molecular weight excluding hydrogens is 392 g/mol. The summed E-state index contributed by atoms with van der Waals surface area (Å²) in [6, 6.07) is 6.64. The second-order valence-corrected chi connectivity index (χ2v) is 7.88. The topological polar surface area (TPSA) is 105 Å². The fourth-order valence-corrected chi connectivity index (χ4v) is 3.61. The van der Waals surface area contributed by atoms with Crippen molar-refractivity contribution in [2.75, 3.05) is 26.5 Å². The van der Waals surface area contributed by atoms with Gasteiger partial charge in [0.25, 0.3) is 5.56 Å². The molecule has 0 saturated heterocycles. The number of rotatable bonds is 8. The normalized spacial score (nSPS) is 10.8. The van der Waals surface area contributed by atoms with Crippen LogP contribution in [0.2, 0.25) is 0 Å². The van der Waals surface area contributed by atoms with E-state index in [1.54, 1.807) is 17.7 Å². The Morgan fingerprint density at radius 2 is 2.10 bits per heavy atom. The number of methoxy groups -OCH3 is 1. The van der Waals surface area contributed by atoms with Crippen molar-refractivity contribution in [2.24, 2.45) is 5.92 Å². The maximum absolute atomic E-state index is 13.0. The van der Waals surface area contributed by atoms with Crippen molar-refractivity contribution >= 4 is 34.5 Å². The van der Waals surface area contributed by atoms with E-state index in [1.807, 2.05) is 19.9 Å². The highest BCUT2D eigenvalue weighted by Gasteiger charge is 2.17. The van der Waals surface area contributed by atoms with Crippen LogP contribution < -0.4 is 5.56 Å². The molecule has 0 spiro atoms. The molecule has 0 saturated carbocycles. The number of esters is 1. The number of fused-ring (bicyclic) bond motifs is 1. The van der Waals surface area contributed by atoms with Crippen molar-refractivity contribution in [3.05, 3.63) is 34.1 Å². The molecule has 0 radical (unpaired) electrons. The first kappa shape index (κ1) is 22.4. The third-order valence-corrected chi connectivity index (χ3v) is 5.16. The molecule has 1 aromatic carbocycles. The second kappa shape index (κ2) is 10.1. The lowest BCUT2D eigenvalue weighted by Gasteiger charge is -2.17. The summed E-state index contributed by atoms with van der Waals surface area (Å²) in [5.41, 5.74) is 0.468. The zero-order valence-electron chi connectivity index (χ0n) is 17.0. The Balaban J connectivity index is 2.42. The van der Waals surface area contributed by atoms with Crippen molar-refractivity contribution in [3.63, 3.8) is 0 Å². The first-order valence-corrected chi connectivity index (χ1v) is 10.1. The van der Waals surface area contributed by atoms with Gasteiger partial charge in [-0.2, -0.15) is 5.26 Å². The van der Waals surface area contributed by atoms with Crippen LogP contribution in [0.25, 0.3) is 10.9 Å². The molecule has 0 bridgehead atoms. The van der Waals surface area contributed by atoms with E-state index in [1.165, 1.54) is 35.9 Å². The summed E-state index contributed by atoms with van der Waals surface area (Å²) < 4.78 is 6.30. The number of thioether (sulfide) groups is 1. The molecule has 1 heterocycles. The molecule has 0 unspecified atom stereocenters. The lowest BCUT2D eigenvalue weighted by Crippen LogP contribution is -2.30. The average molecular weight is 417 g/mol. The molecule has 1 aromatic heterocycles. The fraction of sp³-hybridized carbons (Fsp3) is 0.450. The highest BCUT2D eigenvalue weighted by Crippen LogP contribution is 2.20. The standard InChI is InChI=1S/C20H24N4O4S/c1-13(2)11-24-18(26)15-7-6-14(19(27)28-4)10-16(15)22-20(24)29-12-17(25)23(3)9-5-8-21/h6-7,10,13H,5,9,11-12H2,1-4H3. The molecular formula is C20H24N4O4S. The number of amides is 1. The van der Waals surface area contributed by atoms with Gasteiger partial charge in [-0.15, -0.1) is 0 Å². The van der Waals surface area contributed by atoms with E-state index in [-0.39, 0.29) is 29.6 Å². The number of hydrogen-bond donors (Lipinski definition) is 0. The molecule has 0 aliphatic heterocycles. The van der Waals surface area contributed by atoms with Crippen LogP contribution in [0.3, 0.4) is 0 Å². The lowest BCUT2D eigenvalue weighted by molar-refractivity contribution is -0.127. The Morgan fingerprint density at radius 3 is 2.72 bits per heavy atom. The van der Waals surface area contributed by atoms with Gasteiger partial charge >= 0.3 is 5.97 Å². The molecule has 0 atom stereocenters. The molecule has 2 aromatic rings. The number of benzene rings is 1. The number of hydrogen-bond acceptors (Lipinski definition) is 7. The summed E-state index contributed by atoms with van der Waals surface area (Å²) in [5.74, 6) is -0.369. The minimum Gasteiger partial charge on any atom is -0.465 e. The third kappa shape index (κ3) is 5.57. The van der Waals surface area contributed by atoms with Crippen molar-refractivity contribution in [1.29, 1.82) is 5.26 Å². The minimum absolute atomic E-state index is 0.0919. The maximum Gasteiger partial charge on any atom is 0.337 e. The minimum atomic E-state index is -0.511. The van der Waals surface area contributed by atoms with E-state index in [0.717, 1.165) is 0 Å². The number of aromatic nitrogens is 2. The molecule has 29 heavy (non-hydrogen) atoms. The van der Waals surface area contributed by atoms with Crippen molar-refractivity contribution in [2.45, 2.75) is 32.0 Å². The van der Waals surface area contributed by atoms with Gasteiger partial charge in [-0.05, 0) is 24.1 Å². The number of nitrogens with zero attached hydrogens (tertiary/aromatic N) is 4. The molecule has 2 rings (SSSR count). The van der Waals surface area contributed by atoms with Gasteiger partial charge < -0.3 is 9.64 Å². The summed E-state index contributed by atoms with van der Waals surface area (Å²) in [6.45, 7) is 4.79. The van der Waals surface area contributed by atoms with Crippen LogP contribution in [0.5, 0.6) is 0 Å². The Labute approximate surface area is 173 Å². The highest BCUT2D eigenvalue weighted by molar-refractivity contribution is 7.99. The third-order valence-electron chi connectivity index (χ3n) is 4.20. The Morgan fingerprint density at radius 1 is 1.38 bits per heavy atom. The molecule has 1 amide bonds. The summed E-state index contributed by atoms with van der Waals surface area (Å²) in [6.07, 6.45) is 0.259. The smallest absolute Gasteiger partial charge is 0.337 e. The average Bonchev–Trinajstić information content (AvgIpc) is 2.71. The van der Waals surface area contributed by atoms with Gasteiger partial charge in [0.15, 0.2) is 5.16 Å². The summed E-state index contributed by atoms with van der Waals surface area (Å²) in [4.78, 5) is 43.2. The zero-order valence-corrected chi connectivity index (χ0v) is 17.8. The zero-order chi connectivity index (χ0) is 21.6. The van der Waals surface area contributed by atoms with Crippen LogP contribution in [0, 0.1) is 17.2 Å². The van der Waals surface area contributed by atoms with Crippen LogP contribution in [-0.2, 0) is 16.1 Å². The van der Waals surface area contributed by atoms with Gasteiger partial charge in [0.1, 0.15) is 0 Å². The summed E-state index contributed by atoms with van der Waals surface area (Å²) in [5, 5.41) is 9.48. The quantitative estimate of drug-likeness (QED) is 0.369. The van der Waals surface area contributed by atoms with Gasteiger partial charge in [0.05, 0.1) is 41.8 Å². The van der Waals surface area contributed by atoms with E-state index in [0.29, 0.717) is 34.7 Å². The van der Waals surface area contributed by atoms with Gasteiger partial charge in [-0.25, -0.2) is 9.78 Å².